The van der Waals surface area contributed by atoms with Crippen LogP contribution in [0, 0.1) is 29.6 Å². The number of carbonyl (C=O) groups is 11. The van der Waals surface area contributed by atoms with Crippen molar-refractivity contribution >= 4 is 71.0 Å². The minimum atomic E-state index is -1.15. The second-order valence-electron chi connectivity index (χ2n) is 33.1. The van der Waals surface area contributed by atoms with Gasteiger partial charge in [-0.1, -0.05) is 116 Å². The normalized spacial score (nSPS) is 15.1. The zero-order chi connectivity index (χ0) is 98.3. The van der Waals surface area contributed by atoms with Crippen molar-refractivity contribution in [1.29, 1.82) is 0 Å². The van der Waals surface area contributed by atoms with Crippen LogP contribution in [0.5, 0.6) is 0 Å². The highest BCUT2D eigenvalue weighted by molar-refractivity contribution is 5.98. The van der Waals surface area contributed by atoms with Crippen LogP contribution in [0.2, 0.25) is 0 Å². The van der Waals surface area contributed by atoms with E-state index in [4.69, 9.17) is 87.4 Å². The number of carboxylic acids is 1. The smallest absolute Gasteiger partial charge is 0.410 e. The van der Waals surface area contributed by atoms with Gasteiger partial charge in [0.2, 0.25) is 47.3 Å². The predicted molar refractivity (Wildman–Crippen MR) is 491 cm³/mol. The first-order chi connectivity index (χ1) is 63.8. The second-order valence-corrected chi connectivity index (χ2v) is 33.1. The van der Waals surface area contributed by atoms with Gasteiger partial charge in [-0.05, 0) is 85.1 Å². The van der Waals surface area contributed by atoms with Gasteiger partial charge < -0.3 is 134 Å². The van der Waals surface area contributed by atoms with E-state index >= 15 is 0 Å². The molecule has 1 fully saturated rings. The molecule has 1 aliphatic rings. The maximum absolute atomic E-state index is 14.9. The van der Waals surface area contributed by atoms with Crippen LogP contribution in [0.3, 0.4) is 0 Å². The number of nitrogens with zero attached hydrogens (tertiary/aromatic N) is 7. The highest BCUT2D eigenvalue weighted by Gasteiger charge is 2.44. The van der Waals surface area contributed by atoms with Crippen molar-refractivity contribution in [1.82, 2.24) is 46.2 Å². The van der Waals surface area contributed by atoms with E-state index in [-0.39, 0.29) is 161 Å². The van der Waals surface area contributed by atoms with Crippen molar-refractivity contribution in [3.8, 4) is 0 Å². The number of carbonyl (C=O) groups excluding carboxylic acids is 10. The van der Waals surface area contributed by atoms with Gasteiger partial charge in [0, 0.05) is 78.1 Å². The van der Waals surface area contributed by atoms with Crippen molar-refractivity contribution in [2.75, 3.05) is 225 Å². The molecule has 1 aliphatic heterocycles. The molecule has 12 atom stereocenters. The molecule has 0 aliphatic carbocycles. The molecule has 133 heavy (non-hydrogen) atoms. The molecule has 756 valence electrons. The van der Waals surface area contributed by atoms with Crippen molar-refractivity contribution in [2.24, 2.45) is 40.4 Å². The number of anilines is 1. The number of methoxy groups -OCH3 is 2. The lowest BCUT2D eigenvalue weighted by atomic mass is 9.89. The van der Waals surface area contributed by atoms with Crippen LogP contribution in [-0.4, -0.2) is 369 Å². The topological polar surface area (TPSA) is 527 Å². The summed E-state index contributed by atoms with van der Waals surface area (Å²) < 4.78 is 84.3. The molecular weight excluding hydrogens is 1740 g/mol. The van der Waals surface area contributed by atoms with Gasteiger partial charge in [-0.15, -0.1) is 0 Å². The van der Waals surface area contributed by atoms with E-state index in [2.05, 4.69) is 41.9 Å². The molecule has 0 aromatic heterocycles. The largest absolute Gasteiger partial charge is 0.481 e. The zero-order valence-corrected chi connectivity index (χ0v) is 80.7. The van der Waals surface area contributed by atoms with Gasteiger partial charge >= 0.3 is 18.1 Å². The van der Waals surface area contributed by atoms with Gasteiger partial charge in [-0.2, -0.15) is 0 Å². The number of carboxylic acid groups (broad SMARTS) is 1. The summed E-state index contributed by atoms with van der Waals surface area (Å²) in [5.74, 6) is -6.65. The molecule has 42 heteroatoms. The number of likely N-dealkylation sites (tertiary alicyclic amines) is 1. The van der Waals surface area contributed by atoms with Crippen LogP contribution >= 0.6 is 0 Å². The average Bonchev–Trinajstić information content (AvgIpc) is 1.76. The van der Waals surface area contributed by atoms with Crippen molar-refractivity contribution in [3.63, 3.8) is 0 Å². The quantitative estimate of drug-likeness (QED) is 0.0178. The van der Waals surface area contributed by atoms with Crippen LogP contribution in [-0.2, 0) is 121 Å². The first-order valence-corrected chi connectivity index (χ1v) is 46.1. The fraction of sp³-hybridized carbons (Fsp3) is 0.747. The molecule has 2 aromatic carbocycles. The number of aliphatic hydroxyl groups is 1. The van der Waals surface area contributed by atoms with E-state index in [0.29, 0.717) is 135 Å². The number of hydrogen-bond donors (Lipinski definition) is 9. The minimum Gasteiger partial charge on any atom is -0.481 e. The number of hydrogen-bond acceptors (Lipinski definition) is 28. The number of rotatable bonds is 77. The molecule has 0 bridgehead atoms. The van der Waals surface area contributed by atoms with Gasteiger partial charge in [0.05, 0.1) is 220 Å². The van der Waals surface area contributed by atoms with E-state index in [1.165, 1.54) is 26.2 Å². The Balaban J connectivity index is 1.47. The number of aliphatic hydroxyl groups excluding tert-OH is 1. The Hall–Kier alpha value is -9.08. The summed E-state index contributed by atoms with van der Waals surface area (Å²) in [7, 11) is 6.06. The average molecular weight is 1890 g/mol. The summed E-state index contributed by atoms with van der Waals surface area (Å²) in [6, 6.07) is 8.51. The monoisotopic (exact) mass is 1890 g/mol. The molecule has 0 spiro atoms. The van der Waals surface area contributed by atoms with E-state index in [1.54, 1.807) is 114 Å². The first kappa shape index (κ1) is 118. The van der Waals surface area contributed by atoms with Gasteiger partial charge in [-0.3, -0.25) is 48.1 Å². The number of likely N-dealkylation sites (N-methyl/N-ethyl adjacent to an activating group) is 2. The number of primary amides is 1. The SMILES string of the molecule is CC[C@H](C)[C@@H](C(CC(=O)N1CCC[C@H]1[C@H](OC)[C@@H](C)C(=O)N[C@H](C)[C@@H](O)c1ccccc1)OC)N(C)C(=O)[C@@H](NC(=O)[C@H](C(C)C)N(C)C(=O)OCc1ccc(NC(=O)[C@H](CCCNC(N)=O)NC(=O)[C@@H](NC(=O)CCOCCOCCOCCOCCC(=O)N(CCOCCOCCOCCOCCN=[N+]=[N-])CCOCCOCCOCCOCCC(=O)O)C(C)C)cc1)C(C)C. The molecule has 1 heterocycles. The first-order valence-electron chi connectivity index (χ1n) is 46.1. The summed E-state index contributed by atoms with van der Waals surface area (Å²) in [4.78, 5) is 157. The van der Waals surface area contributed by atoms with Gasteiger partial charge in [-0.25, -0.2) is 9.59 Å². The number of ether oxygens (including phenoxy) is 15. The van der Waals surface area contributed by atoms with Crippen LogP contribution < -0.4 is 37.6 Å². The molecule has 0 radical (unpaired) electrons. The molecule has 0 saturated carbocycles. The van der Waals surface area contributed by atoms with Gasteiger partial charge in [0.25, 0.3) is 0 Å². The van der Waals surface area contributed by atoms with Crippen molar-refractivity contribution in [2.45, 2.75) is 194 Å². The summed E-state index contributed by atoms with van der Waals surface area (Å²) >= 11 is 0. The molecule has 42 nitrogen and oxygen atoms in total. The summed E-state index contributed by atoms with van der Waals surface area (Å²) in [6.07, 6.45) is -1.29. The lowest BCUT2D eigenvalue weighted by Gasteiger charge is -2.41. The minimum absolute atomic E-state index is 0.0111. The van der Waals surface area contributed by atoms with Crippen LogP contribution in [0.15, 0.2) is 59.7 Å². The Morgan fingerprint density at radius 2 is 1.08 bits per heavy atom. The number of nitrogens with two attached hydrogens (primary N) is 1. The van der Waals surface area contributed by atoms with E-state index < -0.39 is 132 Å². The standard InChI is InChI=1S/C91H154N14O28/c1-15-66(8)82(74(119-13)61-77(108)105-34-20-24-73(105)84(120-14)67(9)85(112)96-68(10)83(111)70-21-17-16-18-22-70)102(11)89(116)80(64(4)5)100-88(115)81(65(6)7)103(12)91(118)133-62-69-25-27-71(28-26-69)97-86(113)72(23-19-32-94-90(92)117)98-87(114)79(63(2)3)99-75(106)29-37-121-43-49-127-55-56-128-50-44-122-38-30-76(107)104(35-41-125-47-53-131-59-57-129-51-45-123-39-31-78(109)110)36-42-126-48-54-132-60-58-130-52-46-124-40-33-95-101-93/h16-18,21-22,25-28,63-68,72-74,79-84,111H,15,19-20,23-24,29-62H2,1-14H3,(H,96,112)(H,97,113)(H,98,114)(H,99,106)(H,100,115)(H,109,110)(H3,92,94,117)/t66-,67+,68+,72-,73-,74?,79-,80-,81-,82-,83+,84+/m0/s1. The van der Waals surface area contributed by atoms with Crippen molar-refractivity contribution in [3.05, 3.63) is 76.2 Å². The predicted octanol–water partition coefficient (Wildman–Crippen LogP) is 5.18. The van der Waals surface area contributed by atoms with E-state index in [9.17, 15) is 57.8 Å². The number of azide groups is 1. The Bertz CT molecular complexity index is 3640. The van der Waals surface area contributed by atoms with Gasteiger partial charge in [0.15, 0.2) is 0 Å². The lowest BCUT2D eigenvalue weighted by Crippen LogP contribution is -2.60. The summed E-state index contributed by atoms with van der Waals surface area (Å²) in [5, 5.41) is 39.8. The fourth-order valence-electron chi connectivity index (χ4n) is 14.5. The Labute approximate surface area is 783 Å². The highest BCUT2D eigenvalue weighted by atomic mass is 16.6. The van der Waals surface area contributed by atoms with Crippen LogP contribution in [0.4, 0.5) is 15.3 Å². The number of urea groups is 1. The maximum Gasteiger partial charge on any atom is 0.410 e. The summed E-state index contributed by atoms with van der Waals surface area (Å²) in [6.45, 7) is 25.5. The Kier molecular flexibility index (Phi) is 62.6. The molecule has 10 N–H and O–H groups in total. The number of benzene rings is 2. The van der Waals surface area contributed by atoms with Crippen LogP contribution in [0.1, 0.15) is 144 Å². The third-order valence-corrected chi connectivity index (χ3v) is 22.0. The molecule has 2 aromatic rings. The second kappa shape index (κ2) is 70.6. The Morgan fingerprint density at radius 3 is 1.56 bits per heavy atom. The van der Waals surface area contributed by atoms with E-state index in [1.807, 2.05) is 32.0 Å². The summed E-state index contributed by atoms with van der Waals surface area (Å²) in [5.41, 5.74) is 15.1. The van der Waals surface area contributed by atoms with Gasteiger partial charge in [0.1, 0.15) is 30.8 Å². The highest BCUT2D eigenvalue weighted by Crippen LogP contribution is 2.31. The molecule has 1 saturated heterocycles. The zero-order valence-electron chi connectivity index (χ0n) is 80.7. The maximum atomic E-state index is 14.9. The molecule has 11 amide bonds. The third kappa shape index (κ3) is 48.8. The third-order valence-electron chi connectivity index (χ3n) is 22.0. The van der Waals surface area contributed by atoms with E-state index in [0.717, 1.165) is 0 Å². The lowest BCUT2D eigenvalue weighted by molar-refractivity contribution is -0.148. The number of amides is 11. The van der Waals surface area contributed by atoms with Crippen molar-refractivity contribution < 1.29 is 134 Å². The number of aliphatic carboxylic acids is 1. The fourth-order valence-corrected chi connectivity index (χ4v) is 14.5. The number of nitrogens with one attached hydrogen (secondary N) is 6. The molecule has 1 unspecified atom stereocenters. The Morgan fingerprint density at radius 1 is 0.571 bits per heavy atom. The van der Waals surface area contributed by atoms with Crippen LogP contribution in [0.25, 0.3) is 10.4 Å². The molecular formula is C91H154N14O28. The molecule has 3 rings (SSSR count).